The number of rotatable bonds is 4. The van der Waals surface area contributed by atoms with Gasteiger partial charge in [0, 0.05) is 6.54 Å². The maximum atomic E-state index is 4.28. The second-order valence-electron chi connectivity index (χ2n) is 3.49. The third-order valence-electron chi connectivity index (χ3n) is 2.15. The average Bonchev–Trinajstić information content (AvgIpc) is 2.96. The summed E-state index contributed by atoms with van der Waals surface area (Å²) in [6, 6.07) is 5.87. The van der Waals surface area contributed by atoms with Crippen molar-refractivity contribution in [2.24, 2.45) is 5.92 Å². The minimum absolute atomic E-state index is 0.854. The fraction of sp³-hybridized carbons (Fsp3) is 0.364. The van der Waals surface area contributed by atoms with Crippen molar-refractivity contribution in [1.29, 1.82) is 0 Å². The molecule has 2 rings (SSSR count). The van der Waals surface area contributed by atoms with Gasteiger partial charge in [-0.15, -0.1) is 0 Å². The molecule has 0 saturated heterocycles. The molecule has 0 spiro atoms. The summed E-state index contributed by atoms with van der Waals surface area (Å²) >= 11 is 3.34. The molecule has 3 heteroatoms. The normalized spacial score (nSPS) is 16.1. The van der Waals surface area contributed by atoms with Crippen LogP contribution < -0.4 is 5.32 Å². The van der Waals surface area contributed by atoms with Crippen LogP contribution >= 0.6 is 15.9 Å². The Labute approximate surface area is 92.6 Å². The molecular weight excluding hydrogens is 240 g/mol. The summed E-state index contributed by atoms with van der Waals surface area (Å²) in [5.74, 6) is 1.77. The molecule has 2 nitrogen and oxygen atoms in total. The molecule has 1 N–H and O–H groups in total. The van der Waals surface area contributed by atoms with Gasteiger partial charge in [-0.05, 0) is 46.8 Å². The fourth-order valence-corrected chi connectivity index (χ4v) is 1.56. The predicted molar refractivity (Wildman–Crippen MR) is 62.3 cm³/mol. The molecule has 0 aromatic carbocycles. The first kappa shape index (κ1) is 9.71. The van der Waals surface area contributed by atoms with E-state index in [9.17, 15) is 0 Å². The molecule has 0 unspecified atom stereocenters. The van der Waals surface area contributed by atoms with E-state index < -0.39 is 0 Å². The maximum Gasteiger partial charge on any atom is 0.127 e. The summed E-state index contributed by atoms with van der Waals surface area (Å²) in [7, 11) is 0. The van der Waals surface area contributed by atoms with Crippen molar-refractivity contribution in [3.05, 3.63) is 35.0 Å². The van der Waals surface area contributed by atoms with Crippen LogP contribution in [0.3, 0.4) is 0 Å². The van der Waals surface area contributed by atoms with Gasteiger partial charge in [-0.2, -0.15) is 0 Å². The third-order valence-corrected chi connectivity index (χ3v) is 2.59. The van der Waals surface area contributed by atoms with Gasteiger partial charge < -0.3 is 5.32 Å². The molecule has 0 radical (unpaired) electrons. The summed E-state index contributed by atoms with van der Waals surface area (Å²) in [5, 5.41) is 3.24. The monoisotopic (exact) mass is 252 g/mol. The second-order valence-corrected chi connectivity index (χ2v) is 4.30. The number of pyridine rings is 1. The van der Waals surface area contributed by atoms with Gasteiger partial charge in [0.1, 0.15) is 10.4 Å². The average molecular weight is 253 g/mol. The van der Waals surface area contributed by atoms with Crippen LogP contribution in [0, 0.1) is 5.92 Å². The number of anilines is 1. The van der Waals surface area contributed by atoms with Gasteiger partial charge in [-0.1, -0.05) is 18.2 Å². The molecule has 14 heavy (non-hydrogen) atoms. The van der Waals surface area contributed by atoms with Gasteiger partial charge in [0.05, 0.1) is 0 Å². The van der Waals surface area contributed by atoms with Gasteiger partial charge in [0.2, 0.25) is 0 Å². The van der Waals surface area contributed by atoms with Crippen molar-refractivity contribution in [3.8, 4) is 0 Å². The molecule has 1 fully saturated rings. The van der Waals surface area contributed by atoms with E-state index >= 15 is 0 Å². The van der Waals surface area contributed by atoms with Crippen molar-refractivity contribution in [2.45, 2.75) is 12.8 Å². The lowest BCUT2D eigenvalue weighted by atomic mass is 10.3. The summed E-state index contributed by atoms with van der Waals surface area (Å²) < 4.78 is 0.869. The Hall–Kier alpha value is -0.830. The van der Waals surface area contributed by atoms with Crippen LogP contribution in [0.5, 0.6) is 0 Å². The zero-order valence-corrected chi connectivity index (χ0v) is 9.50. The predicted octanol–water partition coefficient (Wildman–Crippen LogP) is 3.22. The maximum absolute atomic E-state index is 4.28. The number of hydrogen-bond acceptors (Lipinski definition) is 2. The molecule has 1 aromatic rings. The van der Waals surface area contributed by atoms with E-state index in [4.69, 9.17) is 0 Å². The summed E-state index contributed by atoms with van der Waals surface area (Å²) in [6.45, 7) is 0.861. The Kier molecular flexibility index (Phi) is 3.19. The first-order valence-corrected chi connectivity index (χ1v) is 5.67. The van der Waals surface area contributed by atoms with Crippen molar-refractivity contribution in [2.75, 3.05) is 11.9 Å². The van der Waals surface area contributed by atoms with Crippen LogP contribution in [-0.2, 0) is 0 Å². The van der Waals surface area contributed by atoms with Crippen molar-refractivity contribution in [1.82, 2.24) is 4.98 Å². The Morgan fingerprint density at radius 3 is 3.07 bits per heavy atom. The number of aromatic nitrogens is 1. The highest BCUT2D eigenvalue weighted by Crippen LogP contribution is 2.29. The van der Waals surface area contributed by atoms with Crippen molar-refractivity contribution >= 4 is 21.7 Å². The van der Waals surface area contributed by atoms with Crippen LogP contribution in [0.15, 0.2) is 35.0 Å². The zero-order valence-electron chi connectivity index (χ0n) is 7.91. The van der Waals surface area contributed by atoms with Crippen LogP contribution in [0.25, 0.3) is 0 Å². The molecule has 0 atom stereocenters. The van der Waals surface area contributed by atoms with Crippen LogP contribution in [0.1, 0.15) is 12.8 Å². The topological polar surface area (TPSA) is 24.9 Å². The van der Waals surface area contributed by atoms with Gasteiger partial charge in [0.15, 0.2) is 0 Å². The van der Waals surface area contributed by atoms with E-state index in [0.717, 1.165) is 22.9 Å². The molecular formula is C11H13BrN2. The molecule has 1 heterocycles. The summed E-state index contributed by atoms with van der Waals surface area (Å²) in [4.78, 5) is 4.28. The smallest absolute Gasteiger partial charge is 0.127 e. The van der Waals surface area contributed by atoms with Gasteiger partial charge in [-0.25, -0.2) is 4.98 Å². The van der Waals surface area contributed by atoms with Gasteiger partial charge in [0.25, 0.3) is 0 Å². The lowest BCUT2D eigenvalue weighted by molar-refractivity contribution is 1.10. The second kappa shape index (κ2) is 4.60. The first-order chi connectivity index (χ1) is 6.84. The van der Waals surface area contributed by atoms with Crippen molar-refractivity contribution < 1.29 is 0 Å². The lowest BCUT2D eigenvalue weighted by Gasteiger charge is -2.01. The molecule has 74 valence electrons. The SMILES string of the molecule is Brc1cccc(NC/C=C/C2CC2)n1. The number of allylic oxidation sites excluding steroid dienone is 1. The van der Waals surface area contributed by atoms with E-state index in [1.807, 2.05) is 18.2 Å². The van der Waals surface area contributed by atoms with Gasteiger partial charge >= 0.3 is 0 Å². The Morgan fingerprint density at radius 1 is 1.50 bits per heavy atom. The largest absolute Gasteiger partial charge is 0.367 e. The Balaban J connectivity index is 1.79. The summed E-state index contributed by atoms with van der Waals surface area (Å²) in [6.07, 6.45) is 7.20. The standard InChI is InChI=1S/C11H13BrN2/c12-10-4-1-5-11(14-10)13-8-2-3-9-6-7-9/h1-5,9H,6-8H2,(H,13,14)/b3-2+. The fourth-order valence-electron chi connectivity index (χ4n) is 1.22. The lowest BCUT2D eigenvalue weighted by Crippen LogP contribution is -2.00. The zero-order chi connectivity index (χ0) is 9.80. The van der Waals surface area contributed by atoms with E-state index in [1.165, 1.54) is 12.8 Å². The van der Waals surface area contributed by atoms with Gasteiger partial charge in [-0.3, -0.25) is 0 Å². The number of hydrogen-bond donors (Lipinski definition) is 1. The third kappa shape index (κ3) is 3.14. The van der Waals surface area contributed by atoms with Crippen LogP contribution in [0.2, 0.25) is 0 Å². The quantitative estimate of drug-likeness (QED) is 0.658. The van der Waals surface area contributed by atoms with Crippen LogP contribution in [-0.4, -0.2) is 11.5 Å². The molecule has 0 bridgehead atoms. The first-order valence-electron chi connectivity index (χ1n) is 4.88. The Morgan fingerprint density at radius 2 is 2.36 bits per heavy atom. The highest BCUT2D eigenvalue weighted by molar-refractivity contribution is 9.10. The number of nitrogens with one attached hydrogen (secondary N) is 1. The highest BCUT2D eigenvalue weighted by atomic mass is 79.9. The molecule has 1 aliphatic rings. The minimum atomic E-state index is 0.854. The van der Waals surface area contributed by atoms with E-state index in [1.54, 1.807) is 0 Å². The highest BCUT2D eigenvalue weighted by Gasteiger charge is 2.16. The molecule has 1 aromatic heterocycles. The van der Waals surface area contributed by atoms with Crippen molar-refractivity contribution in [3.63, 3.8) is 0 Å². The van der Waals surface area contributed by atoms with E-state index in [0.29, 0.717) is 0 Å². The Bertz CT molecular complexity index is 332. The number of halogens is 1. The molecule has 1 saturated carbocycles. The summed E-state index contributed by atoms with van der Waals surface area (Å²) in [5.41, 5.74) is 0. The molecule has 0 amide bonds. The minimum Gasteiger partial charge on any atom is -0.367 e. The molecule has 1 aliphatic carbocycles. The number of nitrogens with zero attached hydrogens (tertiary/aromatic N) is 1. The van der Waals surface area contributed by atoms with E-state index in [2.05, 4.69) is 38.4 Å². The van der Waals surface area contributed by atoms with Crippen LogP contribution in [0.4, 0.5) is 5.82 Å². The molecule has 0 aliphatic heterocycles. The van der Waals surface area contributed by atoms with E-state index in [-0.39, 0.29) is 0 Å².